The number of aromatic nitrogens is 1. The van der Waals surface area contributed by atoms with Crippen LogP contribution in [0.1, 0.15) is 24.5 Å². The molecule has 1 fully saturated rings. The molecule has 0 bridgehead atoms. The SMILES string of the molecule is Cc1ccncc1CN1CC(CN)CC1C.Cl. The second-order valence-electron chi connectivity index (χ2n) is 4.92. The highest BCUT2D eigenvalue weighted by Crippen LogP contribution is 2.24. The summed E-state index contributed by atoms with van der Waals surface area (Å²) >= 11 is 0. The Morgan fingerprint density at radius 3 is 2.88 bits per heavy atom. The minimum atomic E-state index is 0. The van der Waals surface area contributed by atoms with E-state index >= 15 is 0 Å². The number of rotatable bonds is 3. The fraction of sp³-hybridized carbons (Fsp3) is 0.615. The first-order valence-electron chi connectivity index (χ1n) is 6.04. The molecule has 17 heavy (non-hydrogen) atoms. The summed E-state index contributed by atoms with van der Waals surface area (Å²) in [6, 6.07) is 2.73. The molecule has 0 aromatic carbocycles. The van der Waals surface area contributed by atoms with Crippen LogP contribution < -0.4 is 5.73 Å². The number of nitrogens with zero attached hydrogens (tertiary/aromatic N) is 2. The van der Waals surface area contributed by atoms with Gasteiger partial charge < -0.3 is 5.73 Å². The summed E-state index contributed by atoms with van der Waals surface area (Å²) in [5, 5.41) is 0. The average molecular weight is 256 g/mol. The van der Waals surface area contributed by atoms with E-state index in [9.17, 15) is 0 Å². The minimum Gasteiger partial charge on any atom is -0.330 e. The Kier molecular flexibility index (Phi) is 5.37. The summed E-state index contributed by atoms with van der Waals surface area (Å²) in [5.41, 5.74) is 8.41. The third-order valence-electron chi connectivity index (χ3n) is 3.64. The highest BCUT2D eigenvalue weighted by molar-refractivity contribution is 5.85. The van der Waals surface area contributed by atoms with Crippen LogP contribution in [0.15, 0.2) is 18.5 Å². The summed E-state index contributed by atoms with van der Waals surface area (Å²) < 4.78 is 0. The number of pyridine rings is 1. The normalized spacial score (nSPS) is 24.6. The van der Waals surface area contributed by atoms with Crippen molar-refractivity contribution in [1.82, 2.24) is 9.88 Å². The molecule has 0 aliphatic carbocycles. The lowest BCUT2D eigenvalue weighted by Gasteiger charge is -2.21. The molecule has 0 saturated carbocycles. The third-order valence-corrected chi connectivity index (χ3v) is 3.64. The van der Waals surface area contributed by atoms with Crippen LogP contribution in [0.2, 0.25) is 0 Å². The van der Waals surface area contributed by atoms with Crippen molar-refractivity contribution in [2.75, 3.05) is 13.1 Å². The molecule has 96 valence electrons. The standard InChI is InChI=1S/C13H21N3.ClH/c1-10-3-4-15-7-13(10)9-16-8-12(6-14)5-11(16)2;/h3-4,7,11-12H,5-6,8-9,14H2,1-2H3;1H. The van der Waals surface area contributed by atoms with Gasteiger partial charge in [-0.2, -0.15) is 0 Å². The molecule has 0 amide bonds. The zero-order valence-corrected chi connectivity index (χ0v) is 11.4. The van der Waals surface area contributed by atoms with Crippen LogP contribution >= 0.6 is 12.4 Å². The van der Waals surface area contributed by atoms with E-state index in [0.717, 1.165) is 19.6 Å². The average Bonchev–Trinajstić information content (AvgIpc) is 2.63. The van der Waals surface area contributed by atoms with Gasteiger partial charge in [-0.25, -0.2) is 0 Å². The summed E-state index contributed by atoms with van der Waals surface area (Å²) in [7, 11) is 0. The molecule has 1 aliphatic rings. The Labute approximate surface area is 110 Å². The van der Waals surface area contributed by atoms with Crippen LogP contribution in [0.4, 0.5) is 0 Å². The van der Waals surface area contributed by atoms with Crippen LogP contribution in [0.25, 0.3) is 0 Å². The Bertz CT molecular complexity index is 356. The Morgan fingerprint density at radius 1 is 1.53 bits per heavy atom. The number of nitrogens with two attached hydrogens (primary N) is 1. The van der Waals surface area contributed by atoms with E-state index in [2.05, 4.69) is 29.8 Å². The topological polar surface area (TPSA) is 42.2 Å². The smallest absolute Gasteiger partial charge is 0.0315 e. The zero-order valence-electron chi connectivity index (χ0n) is 10.6. The number of halogens is 1. The van der Waals surface area contributed by atoms with E-state index in [-0.39, 0.29) is 12.4 Å². The molecule has 1 aromatic heterocycles. The maximum Gasteiger partial charge on any atom is 0.0315 e. The van der Waals surface area contributed by atoms with Crippen LogP contribution in [0, 0.1) is 12.8 Å². The van der Waals surface area contributed by atoms with Gasteiger partial charge in [0.05, 0.1) is 0 Å². The van der Waals surface area contributed by atoms with Gasteiger partial charge in [-0.3, -0.25) is 9.88 Å². The Morgan fingerprint density at radius 2 is 2.29 bits per heavy atom. The Balaban J connectivity index is 0.00000144. The van der Waals surface area contributed by atoms with E-state index in [1.54, 1.807) is 0 Å². The van der Waals surface area contributed by atoms with E-state index in [4.69, 9.17) is 5.73 Å². The van der Waals surface area contributed by atoms with E-state index < -0.39 is 0 Å². The molecule has 2 heterocycles. The summed E-state index contributed by atoms with van der Waals surface area (Å²) in [4.78, 5) is 6.72. The van der Waals surface area contributed by atoms with Gasteiger partial charge in [-0.05, 0) is 49.9 Å². The van der Waals surface area contributed by atoms with Crippen molar-refractivity contribution in [3.63, 3.8) is 0 Å². The lowest BCUT2D eigenvalue weighted by atomic mass is 10.1. The van der Waals surface area contributed by atoms with Gasteiger partial charge >= 0.3 is 0 Å². The van der Waals surface area contributed by atoms with Crippen LogP contribution in [0.3, 0.4) is 0 Å². The summed E-state index contributed by atoms with van der Waals surface area (Å²) in [6.07, 6.45) is 5.07. The molecular formula is C13H22ClN3. The maximum absolute atomic E-state index is 5.74. The van der Waals surface area contributed by atoms with Gasteiger partial charge in [-0.15, -0.1) is 12.4 Å². The van der Waals surface area contributed by atoms with Crippen molar-refractivity contribution in [3.8, 4) is 0 Å². The second kappa shape index (κ2) is 6.34. The van der Waals surface area contributed by atoms with E-state index in [0.29, 0.717) is 12.0 Å². The molecule has 0 radical (unpaired) electrons. The quantitative estimate of drug-likeness (QED) is 0.898. The highest BCUT2D eigenvalue weighted by Gasteiger charge is 2.27. The van der Waals surface area contributed by atoms with Gasteiger partial charge in [0.2, 0.25) is 0 Å². The molecule has 1 aliphatic heterocycles. The highest BCUT2D eigenvalue weighted by atomic mass is 35.5. The zero-order chi connectivity index (χ0) is 11.5. The second-order valence-corrected chi connectivity index (χ2v) is 4.92. The van der Waals surface area contributed by atoms with E-state index in [1.807, 2.05) is 12.4 Å². The lowest BCUT2D eigenvalue weighted by molar-refractivity contribution is 0.255. The van der Waals surface area contributed by atoms with Crippen molar-refractivity contribution in [2.24, 2.45) is 11.7 Å². The molecule has 2 rings (SSSR count). The van der Waals surface area contributed by atoms with Crippen molar-refractivity contribution < 1.29 is 0 Å². The first-order chi connectivity index (χ1) is 7.70. The molecule has 3 nitrogen and oxygen atoms in total. The van der Waals surface area contributed by atoms with Crippen molar-refractivity contribution in [3.05, 3.63) is 29.6 Å². The predicted molar refractivity (Wildman–Crippen MR) is 73.3 cm³/mol. The van der Waals surface area contributed by atoms with Crippen LogP contribution in [-0.2, 0) is 6.54 Å². The molecule has 1 saturated heterocycles. The first kappa shape index (κ1) is 14.4. The number of likely N-dealkylation sites (tertiary alicyclic amines) is 1. The first-order valence-corrected chi connectivity index (χ1v) is 6.04. The fourth-order valence-corrected chi connectivity index (χ4v) is 2.49. The van der Waals surface area contributed by atoms with Gasteiger partial charge in [-0.1, -0.05) is 0 Å². The van der Waals surface area contributed by atoms with Gasteiger partial charge in [0.15, 0.2) is 0 Å². The third kappa shape index (κ3) is 3.41. The number of hydrogen-bond donors (Lipinski definition) is 1. The van der Waals surface area contributed by atoms with Crippen molar-refractivity contribution in [2.45, 2.75) is 32.9 Å². The van der Waals surface area contributed by atoms with Gasteiger partial charge in [0, 0.05) is 31.5 Å². The van der Waals surface area contributed by atoms with Crippen molar-refractivity contribution in [1.29, 1.82) is 0 Å². The van der Waals surface area contributed by atoms with Crippen molar-refractivity contribution >= 4 is 12.4 Å². The molecule has 2 atom stereocenters. The van der Waals surface area contributed by atoms with Crippen LogP contribution in [-0.4, -0.2) is 29.0 Å². The maximum atomic E-state index is 5.74. The molecular weight excluding hydrogens is 234 g/mol. The largest absolute Gasteiger partial charge is 0.330 e. The van der Waals surface area contributed by atoms with E-state index in [1.165, 1.54) is 17.5 Å². The molecule has 0 spiro atoms. The molecule has 2 unspecified atom stereocenters. The lowest BCUT2D eigenvalue weighted by Crippen LogP contribution is -2.27. The van der Waals surface area contributed by atoms with Crippen LogP contribution in [0.5, 0.6) is 0 Å². The van der Waals surface area contributed by atoms with Gasteiger partial charge in [0.25, 0.3) is 0 Å². The number of hydrogen-bond acceptors (Lipinski definition) is 3. The Hall–Kier alpha value is -0.640. The molecule has 1 aromatic rings. The molecule has 4 heteroatoms. The summed E-state index contributed by atoms with van der Waals surface area (Å²) in [5.74, 6) is 0.673. The monoisotopic (exact) mass is 255 g/mol. The number of aryl methyl sites for hydroxylation is 1. The minimum absolute atomic E-state index is 0. The fourth-order valence-electron chi connectivity index (χ4n) is 2.49. The summed E-state index contributed by atoms with van der Waals surface area (Å²) in [6.45, 7) is 7.40. The predicted octanol–water partition coefficient (Wildman–Crippen LogP) is 1.98. The molecule has 2 N–H and O–H groups in total. The van der Waals surface area contributed by atoms with Gasteiger partial charge in [0.1, 0.15) is 0 Å².